The molecule has 0 amide bonds. The second-order valence-corrected chi connectivity index (χ2v) is 4.76. The van der Waals surface area contributed by atoms with Gasteiger partial charge in [-0.2, -0.15) is 0 Å². The van der Waals surface area contributed by atoms with E-state index < -0.39 is 0 Å². The molecule has 0 atom stereocenters. The molecule has 1 aromatic carbocycles. The lowest BCUT2D eigenvalue weighted by molar-refractivity contribution is 0.192. The first-order valence-corrected chi connectivity index (χ1v) is 6.26. The van der Waals surface area contributed by atoms with Gasteiger partial charge in [0.25, 0.3) is 0 Å². The first-order valence-electron chi connectivity index (χ1n) is 6.26. The van der Waals surface area contributed by atoms with E-state index in [0.29, 0.717) is 6.61 Å². The van der Waals surface area contributed by atoms with Gasteiger partial charge in [-0.1, -0.05) is 35.9 Å². The van der Waals surface area contributed by atoms with Crippen LogP contribution >= 0.6 is 0 Å². The first kappa shape index (κ1) is 12.7. The summed E-state index contributed by atoms with van der Waals surface area (Å²) in [5.41, 5.74) is 3.61. The van der Waals surface area contributed by atoms with Gasteiger partial charge in [0.2, 0.25) is 0 Å². The molecule has 0 saturated heterocycles. The molecular weight excluding hydrogens is 222 g/mol. The number of aryl methyl sites for hydroxylation is 1. The SMILES string of the molecule is Cc1ccc(COC2=CC[CH]C=C2N(C)C)cc1. The van der Waals surface area contributed by atoms with Crippen molar-refractivity contribution in [3.63, 3.8) is 0 Å². The molecule has 0 aliphatic heterocycles. The van der Waals surface area contributed by atoms with Gasteiger partial charge in [-0.25, -0.2) is 0 Å². The Morgan fingerprint density at radius 3 is 2.56 bits per heavy atom. The molecule has 2 rings (SSSR count). The van der Waals surface area contributed by atoms with Crippen LogP contribution in [-0.2, 0) is 11.3 Å². The van der Waals surface area contributed by atoms with E-state index in [4.69, 9.17) is 4.74 Å². The minimum Gasteiger partial charge on any atom is -0.487 e. The Hall–Kier alpha value is -1.70. The normalized spacial score (nSPS) is 14.8. The zero-order valence-electron chi connectivity index (χ0n) is 11.3. The number of likely N-dealkylation sites (N-methyl/N-ethyl adjacent to an activating group) is 1. The Labute approximate surface area is 110 Å². The van der Waals surface area contributed by atoms with E-state index in [-0.39, 0.29) is 0 Å². The van der Waals surface area contributed by atoms with Crippen LogP contribution in [0.5, 0.6) is 0 Å². The summed E-state index contributed by atoms with van der Waals surface area (Å²) >= 11 is 0. The second-order valence-electron chi connectivity index (χ2n) is 4.76. The van der Waals surface area contributed by atoms with E-state index >= 15 is 0 Å². The van der Waals surface area contributed by atoms with Gasteiger partial charge in [0.15, 0.2) is 0 Å². The molecular formula is C16H20NO. The lowest BCUT2D eigenvalue weighted by atomic mass is 10.1. The zero-order valence-corrected chi connectivity index (χ0v) is 11.3. The summed E-state index contributed by atoms with van der Waals surface area (Å²) in [6, 6.07) is 8.46. The third kappa shape index (κ3) is 3.16. The quantitative estimate of drug-likeness (QED) is 0.802. The van der Waals surface area contributed by atoms with Crippen molar-refractivity contribution >= 4 is 0 Å². The van der Waals surface area contributed by atoms with Gasteiger partial charge in [-0.15, -0.1) is 0 Å². The number of hydrogen-bond acceptors (Lipinski definition) is 2. The summed E-state index contributed by atoms with van der Waals surface area (Å²) in [5.74, 6) is 0.975. The van der Waals surface area contributed by atoms with Gasteiger partial charge in [0.05, 0.1) is 5.70 Å². The standard InChI is InChI=1S/C16H20NO/c1-13-8-10-14(11-9-13)12-18-16-7-5-4-6-15(16)17(2)3/h4,6-11H,5,12H2,1-3H3. The van der Waals surface area contributed by atoms with Crippen molar-refractivity contribution in [1.82, 2.24) is 4.90 Å². The molecule has 2 nitrogen and oxygen atoms in total. The van der Waals surface area contributed by atoms with Gasteiger partial charge in [0.1, 0.15) is 12.4 Å². The van der Waals surface area contributed by atoms with Gasteiger partial charge in [0, 0.05) is 14.1 Å². The molecule has 1 aromatic rings. The average Bonchev–Trinajstić information content (AvgIpc) is 2.38. The Kier molecular flexibility index (Phi) is 4.08. The van der Waals surface area contributed by atoms with Gasteiger partial charge < -0.3 is 9.64 Å². The third-order valence-electron chi connectivity index (χ3n) is 2.96. The fourth-order valence-corrected chi connectivity index (χ4v) is 1.89. The molecule has 0 N–H and O–H groups in total. The average molecular weight is 242 g/mol. The predicted octanol–water partition coefficient (Wildman–Crippen LogP) is 3.45. The van der Waals surface area contributed by atoms with Crippen molar-refractivity contribution in [1.29, 1.82) is 0 Å². The Morgan fingerprint density at radius 2 is 1.89 bits per heavy atom. The topological polar surface area (TPSA) is 12.5 Å². The van der Waals surface area contributed by atoms with Crippen LogP contribution in [0.4, 0.5) is 0 Å². The molecule has 1 radical (unpaired) electrons. The number of benzene rings is 1. The van der Waals surface area contributed by atoms with Crippen LogP contribution in [0.15, 0.2) is 47.9 Å². The van der Waals surface area contributed by atoms with Crippen LogP contribution in [0, 0.1) is 13.3 Å². The molecule has 0 saturated carbocycles. The molecule has 0 bridgehead atoms. The number of ether oxygens (including phenoxy) is 1. The molecule has 18 heavy (non-hydrogen) atoms. The lowest BCUT2D eigenvalue weighted by Gasteiger charge is -2.23. The predicted molar refractivity (Wildman–Crippen MR) is 74.7 cm³/mol. The van der Waals surface area contributed by atoms with Gasteiger partial charge in [-0.05, 0) is 31.4 Å². The molecule has 0 unspecified atom stereocenters. The highest BCUT2D eigenvalue weighted by Crippen LogP contribution is 2.22. The van der Waals surface area contributed by atoms with E-state index in [1.165, 1.54) is 11.1 Å². The minimum absolute atomic E-state index is 0.622. The summed E-state index contributed by atoms with van der Waals surface area (Å²) in [5, 5.41) is 0. The van der Waals surface area contributed by atoms with E-state index in [2.05, 4.69) is 54.7 Å². The highest BCUT2D eigenvalue weighted by molar-refractivity contribution is 5.32. The number of allylic oxidation sites excluding steroid dienone is 2. The number of nitrogens with zero attached hydrogens (tertiary/aromatic N) is 1. The highest BCUT2D eigenvalue weighted by atomic mass is 16.5. The Bertz CT molecular complexity index is 454. The maximum atomic E-state index is 5.91. The second kappa shape index (κ2) is 5.76. The van der Waals surface area contributed by atoms with E-state index in [9.17, 15) is 0 Å². The van der Waals surface area contributed by atoms with Crippen molar-refractivity contribution in [2.45, 2.75) is 20.0 Å². The summed E-state index contributed by atoms with van der Waals surface area (Å²) in [6.07, 6.45) is 7.34. The number of hydrogen-bond donors (Lipinski definition) is 0. The fraction of sp³-hybridized carbons (Fsp3) is 0.312. The van der Waals surface area contributed by atoms with E-state index in [0.717, 1.165) is 17.9 Å². The smallest absolute Gasteiger partial charge is 0.138 e. The van der Waals surface area contributed by atoms with E-state index in [1.807, 2.05) is 14.1 Å². The maximum absolute atomic E-state index is 5.91. The zero-order chi connectivity index (χ0) is 13.0. The van der Waals surface area contributed by atoms with Crippen LogP contribution in [0.25, 0.3) is 0 Å². The molecule has 0 fully saturated rings. The molecule has 95 valence electrons. The van der Waals surface area contributed by atoms with Crippen LogP contribution in [0.1, 0.15) is 17.5 Å². The van der Waals surface area contributed by atoms with Crippen molar-refractivity contribution in [3.8, 4) is 0 Å². The van der Waals surface area contributed by atoms with Crippen LogP contribution in [0.2, 0.25) is 0 Å². The van der Waals surface area contributed by atoms with Crippen molar-refractivity contribution in [3.05, 3.63) is 65.4 Å². The Balaban J connectivity index is 1.99. The Morgan fingerprint density at radius 1 is 1.17 bits per heavy atom. The molecule has 1 aliphatic carbocycles. The summed E-state index contributed by atoms with van der Waals surface area (Å²) in [6.45, 7) is 2.72. The van der Waals surface area contributed by atoms with Gasteiger partial charge in [-0.3, -0.25) is 0 Å². The number of rotatable bonds is 4. The lowest BCUT2D eigenvalue weighted by Crippen LogP contribution is -2.16. The summed E-state index contributed by atoms with van der Waals surface area (Å²) in [7, 11) is 4.07. The third-order valence-corrected chi connectivity index (χ3v) is 2.96. The first-order chi connectivity index (χ1) is 8.66. The van der Waals surface area contributed by atoms with Crippen LogP contribution in [-0.4, -0.2) is 19.0 Å². The fourth-order valence-electron chi connectivity index (χ4n) is 1.89. The largest absolute Gasteiger partial charge is 0.487 e. The summed E-state index contributed by atoms with van der Waals surface area (Å²) < 4.78 is 5.91. The maximum Gasteiger partial charge on any atom is 0.138 e. The van der Waals surface area contributed by atoms with Gasteiger partial charge >= 0.3 is 0 Å². The van der Waals surface area contributed by atoms with Crippen molar-refractivity contribution in [2.75, 3.05) is 14.1 Å². The van der Waals surface area contributed by atoms with Crippen molar-refractivity contribution in [2.24, 2.45) is 0 Å². The van der Waals surface area contributed by atoms with Crippen molar-refractivity contribution < 1.29 is 4.74 Å². The van der Waals surface area contributed by atoms with Crippen LogP contribution in [0.3, 0.4) is 0 Å². The molecule has 0 aromatic heterocycles. The molecule has 0 spiro atoms. The molecule has 0 heterocycles. The molecule has 1 aliphatic rings. The monoisotopic (exact) mass is 242 g/mol. The molecule has 2 heteroatoms. The minimum atomic E-state index is 0.622. The van der Waals surface area contributed by atoms with Crippen LogP contribution < -0.4 is 0 Å². The highest BCUT2D eigenvalue weighted by Gasteiger charge is 2.12. The summed E-state index contributed by atoms with van der Waals surface area (Å²) in [4.78, 5) is 2.08. The van der Waals surface area contributed by atoms with E-state index in [1.54, 1.807) is 0 Å².